The number of hydrogen-bond donors (Lipinski definition) is 2. The lowest BCUT2D eigenvalue weighted by Gasteiger charge is -2.09. The number of phenols is 1. The maximum atomic E-state index is 13.6. The summed E-state index contributed by atoms with van der Waals surface area (Å²) in [7, 11) is 0. The molecule has 0 aliphatic carbocycles. The zero-order valence-electron chi connectivity index (χ0n) is 9.45. The molecule has 6 heteroatoms. The zero-order valence-corrected chi connectivity index (χ0v) is 11.8. The van der Waals surface area contributed by atoms with Gasteiger partial charge in [-0.3, -0.25) is 4.79 Å². The summed E-state index contributed by atoms with van der Waals surface area (Å²) in [5, 5.41) is 12.3. The topological polar surface area (TPSA) is 49.3 Å². The second kappa shape index (κ2) is 5.59. The molecule has 0 aliphatic rings. The number of benzene rings is 2. The van der Waals surface area contributed by atoms with Gasteiger partial charge in [-0.2, -0.15) is 0 Å². The first-order valence-electron chi connectivity index (χ1n) is 5.23. The Hall–Kier alpha value is -1.59. The highest BCUT2D eigenvalue weighted by molar-refractivity contribution is 9.10. The first-order valence-corrected chi connectivity index (χ1v) is 6.40. The largest absolute Gasteiger partial charge is 0.507 e. The van der Waals surface area contributed by atoms with Crippen LogP contribution in [0.25, 0.3) is 0 Å². The minimum Gasteiger partial charge on any atom is -0.507 e. The van der Waals surface area contributed by atoms with Gasteiger partial charge in [0.15, 0.2) is 0 Å². The Morgan fingerprint density at radius 3 is 2.74 bits per heavy atom. The van der Waals surface area contributed by atoms with E-state index in [1.165, 1.54) is 30.3 Å². The van der Waals surface area contributed by atoms with Gasteiger partial charge in [-0.25, -0.2) is 4.39 Å². The highest BCUT2D eigenvalue weighted by atomic mass is 79.9. The molecule has 19 heavy (non-hydrogen) atoms. The van der Waals surface area contributed by atoms with Crippen molar-refractivity contribution in [1.29, 1.82) is 0 Å². The number of aromatic hydroxyl groups is 1. The smallest absolute Gasteiger partial charge is 0.259 e. The molecule has 3 nitrogen and oxygen atoms in total. The van der Waals surface area contributed by atoms with Gasteiger partial charge >= 0.3 is 0 Å². The van der Waals surface area contributed by atoms with Crippen LogP contribution in [0.3, 0.4) is 0 Å². The van der Waals surface area contributed by atoms with Crippen molar-refractivity contribution in [3.8, 4) is 5.75 Å². The number of para-hydroxylation sites is 1. The summed E-state index contributed by atoms with van der Waals surface area (Å²) >= 11 is 8.89. The van der Waals surface area contributed by atoms with Gasteiger partial charge in [0.25, 0.3) is 5.91 Å². The molecule has 2 rings (SSSR count). The Balaban J connectivity index is 2.34. The third-order valence-electron chi connectivity index (χ3n) is 2.40. The van der Waals surface area contributed by atoms with E-state index in [-0.39, 0.29) is 17.0 Å². The molecule has 0 radical (unpaired) electrons. The maximum Gasteiger partial charge on any atom is 0.259 e. The number of halogens is 3. The van der Waals surface area contributed by atoms with Crippen molar-refractivity contribution in [3.63, 3.8) is 0 Å². The molecule has 0 spiro atoms. The Morgan fingerprint density at radius 1 is 1.32 bits per heavy atom. The number of hydrogen-bond acceptors (Lipinski definition) is 2. The van der Waals surface area contributed by atoms with Crippen LogP contribution < -0.4 is 5.32 Å². The second-order valence-corrected chi connectivity index (χ2v) is 5.00. The van der Waals surface area contributed by atoms with E-state index in [4.69, 9.17) is 11.6 Å². The predicted molar refractivity (Wildman–Crippen MR) is 75.2 cm³/mol. The number of phenolic OH excluding ortho intramolecular Hbond substituents is 1. The molecular weight excluding hydrogens is 337 g/mol. The lowest BCUT2D eigenvalue weighted by Crippen LogP contribution is -2.13. The molecule has 2 N–H and O–H groups in total. The van der Waals surface area contributed by atoms with Crippen molar-refractivity contribution in [2.75, 3.05) is 5.32 Å². The van der Waals surface area contributed by atoms with Crippen LogP contribution in [0.1, 0.15) is 10.4 Å². The van der Waals surface area contributed by atoms with Crippen LogP contribution in [-0.2, 0) is 0 Å². The number of nitrogens with one attached hydrogen (secondary N) is 1. The molecule has 0 atom stereocenters. The molecule has 0 saturated carbocycles. The van der Waals surface area contributed by atoms with Gasteiger partial charge in [0.05, 0.1) is 11.3 Å². The molecule has 0 fully saturated rings. The van der Waals surface area contributed by atoms with E-state index >= 15 is 0 Å². The van der Waals surface area contributed by atoms with Crippen LogP contribution in [0, 0.1) is 5.82 Å². The average Bonchev–Trinajstić information content (AvgIpc) is 2.37. The molecule has 1 amide bonds. The van der Waals surface area contributed by atoms with E-state index in [1.54, 1.807) is 6.07 Å². The SMILES string of the molecule is O=C(Nc1c(F)cccc1Br)c1cc(Cl)ccc1O. The monoisotopic (exact) mass is 343 g/mol. The van der Waals surface area contributed by atoms with Gasteiger partial charge in [0.1, 0.15) is 11.6 Å². The summed E-state index contributed by atoms with van der Waals surface area (Å²) in [6, 6.07) is 8.38. The maximum absolute atomic E-state index is 13.6. The fraction of sp³-hybridized carbons (Fsp3) is 0. The van der Waals surface area contributed by atoms with Crippen LogP contribution >= 0.6 is 27.5 Å². The molecule has 0 heterocycles. The van der Waals surface area contributed by atoms with Crippen LogP contribution in [0.4, 0.5) is 10.1 Å². The van der Waals surface area contributed by atoms with Crippen LogP contribution in [0.15, 0.2) is 40.9 Å². The minimum absolute atomic E-state index is 0.00637. The Bertz CT molecular complexity index is 628. The summed E-state index contributed by atoms with van der Waals surface area (Å²) in [5.74, 6) is -1.45. The molecule has 0 saturated heterocycles. The molecular formula is C13H8BrClFNO2. The normalized spacial score (nSPS) is 10.3. The van der Waals surface area contributed by atoms with Crippen molar-refractivity contribution in [2.45, 2.75) is 0 Å². The van der Waals surface area contributed by atoms with Gasteiger partial charge in [-0.05, 0) is 46.3 Å². The molecule has 0 unspecified atom stereocenters. The standard InChI is InChI=1S/C13H8BrClFNO2/c14-9-2-1-3-10(16)12(9)17-13(19)8-6-7(15)4-5-11(8)18/h1-6,18H,(H,17,19). The van der Waals surface area contributed by atoms with Gasteiger partial charge in [-0.15, -0.1) is 0 Å². The molecule has 98 valence electrons. The highest BCUT2D eigenvalue weighted by Crippen LogP contribution is 2.27. The highest BCUT2D eigenvalue weighted by Gasteiger charge is 2.15. The second-order valence-electron chi connectivity index (χ2n) is 3.71. The summed E-state index contributed by atoms with van der Waals surface area (Å²) in [6.45, 7) is 0. The van der Waals surface area contributed by atoms with E-state index in [0.29, 0.717) is 9.50 Å². The van der Waals surface area contributed by atoms with Gasteiger partial charge in [-0.1, -0.05) is 17.7 Å². The first-order chi connectivity index (χ1) is 8.99. The fourth-order valence-electron chi connectivity index (χ4n) is 1.49. The number of carbonyl (C=O) groups excluding carboxylic acids is 1. The van der Waals surface area contributed by atoms with Crippen molar-refractivity contribution < 1.29 is 14.3 Å². The average molecular weight is 345 g/mol. The number of carbonyl (C=O) groups is 1. The summed E-state index contributed by atoms with van der Waals surface area (Å²) in [5.41, 5.74) is -0.0190. The van der Waals surface area contributed by atoms with E-state index < -0.39 is 11.7 Å². The van der Waals surface area contributed by atoms with Crippen molar-refractivity contribution >= 4 is 39.1 Å². The van der Waals surface area contributed by atoms with Crippen LogP contribution in [-0.4, -0.2) is 11.0 Å². The zero-order chi connectivity index (χ0) is 14.0. The lowest BCUT2D eigenvalue weighted by atomic mass is 10.2. The third kappa shape index (κ3) is 3.05. The molecule has 0 bridgehead atoms. The summed E-state index contributed by atoms with van der Waals surface area (Å²) < 4.78 is 14.0. The molecule has 0 aliphatic heterocycles. The van der Waals surface area contributed by atoms with Crippen molar-refractivity contribution in [2.24, 2.45) is 0 Å². The molecule has 2 aromatic carbocycles. The third-order valence-corrected chi connectivity index (χ3v) is 3.30. The van der Waals surface area contributed by atoms with E-state index in [0.717, 1.165) is 0 Å². The van der Waals surface area contributed by atoms with E-state index in [9.17, 15) is 14.3 Å². The van der Waals surface area contributed by atoms with Crippen LogP contribution in [0.2, 0.25) is 5.02 Å². The summed E-state index contributed by atoms with van der Waals surface area (Å²) in [6.07, 6.45) is 0. The molecule has 0 aromatic heterocycles. The predicted octanol–water partition coefficient (Wildman–Crippen LogP) is 4.20. The van der Waals surface area contributed by atoms with Crippen molar-refractivity contribution in [1.82, 2.24) is 0 Å². The van der Waals surface area contributed by atoms with Crippen molar-refractivity contribution in [3.05, 3.63) is 57.3 Å². The van der Waals surface area contributed by atoms with Gasteiger partial charge in [0, 0.05) is 9.50 Å². The minimum atomic E-state index is -0.647. The quantitative estimate of drug-likeness (QED) is 0.858. The van der Waals surface area contributed by atoms with E-state index in [2.05, 4.69) is 21.2 Å². The van der Waals surface area contributed by atoms with E-state index in [1.807, 2.05) is 0 Å². The van der Waals surface area contributed by atoms with Gasteiger partial charge in [0.2, 0.25) is 0 Å². The lowest BCUT2D eigenvalue weighted by molar-refractivity contribution is 0.102. The Labute approximate surface area is 122 Å². The Morgan fingerprint density at radius 2 is 2.05 bits per heavy atom. The fourth-order valence-corrected chi connectivity index (χ4v) is 2.10. The molecule has 2 aromatic rings. The Kier molecular flexibility index (Phi) is 4.07. The number of rotatable bonds is 2. The van der Waals surface area contributed by atoms with Crippen LogP contribution in [0.5, 0.6) is 5.75 Å². The number of anilines is 1. The summed E-state index contributed by atoms with van der Waals surface area (Å²) in [4.78, 5) is 12.0. The first kappa shape index (κ1) is 13.8. The van der Waals surface area contributed by atoms with Gasteiger partial charge < -0.3 is 10.4 Å². The number of amides is 1.